The van der Waals surface area contributed by atoms with Gasteiger partial charge in [-0.1, -0.05) is 18.2 Å². The van der Waals surface area contributed by atoms with Gasteiger partial charge in [0.1, 0.15) is 0 Å². The predicted octanol–water partition coefficient (Wildman–Crippen LogP) is 2.95. The molecule has 4 rings (SSSR count). The summed E-state index contributed by atoms with van der Waals surface area (Å²) in [6, 6.07) is 8.20. The Morgan fingerprint density at radius 2 is 2.28 bits per heavy atom. The number of para-hydroxylation sites is 1. The van der Waals surface area contributed by atoms with Gasteiger partial charge in [-0.2, -0.15) is 0 Å². The molecule has 1 aliphatic heterocycles. The van der Waals surface area contributed by atoms with Crippen molar-refractivity contribution in [3.8, 4) is 0 Å². The fraction of sp³-hybridized carbons (Fsp3) is 0.400. The van der Waals surface area contributed by atoms with Crippen LogP contribution in [0.4, 0.5) is 0 Å². The van der Waals surface area contributed by atoms with Gasteiger partial charge >= 0.3 is 0 Å². The SMILES string of the molecule is Cc1cccc2cc(CN3CCC[C@H](Cn4ccnc4)C3)c(=O)[nH]c12. The second-order valence-corrected chi connectivity index (χ2v) is 7.17. The van der Waals surface area contributed by atoms with Crippen LogP contribution in [0.1, 0.15) is 24.0 Å². The van der Waals surface area contributed by atoms with Crippen LogP contribution in [0.2, 0.25) is 0 Å². The first-order valence-electron chi connectivity index (χ1n) is 8.98. The molecular weight excluding hydrogens is 312 g/mol. The average molecular weight is 336 g/mol. The summed E-state index contributed by atoms with van der Waals surface area (Å²) in [5.74, 6) is 0.615. The first-order valence-corrected chi connectivity index (χ1v) is 8.98. The van der Waals surface area contributed by atoms with E-state index in [1.54, 1.807) is 0 Å². The van der Waals surface area contributed by atoms with Crippen molar-refractivity contribution in [1.29, 1.82) is 0 Å². The maximum Gasteiger partial charge on any atom is 0.252 e. The lowest BCUT2D eigenvalue weighted by Gasteiger charge is -2.32. The van der Waals surface area contributed by atoms with E-state index in [2.05, 4.69) is 31.6 Å². The first-order chi connectivity index (χ1) is 12.2. The fourth-order valence-electron chi connectivity index (χ4n) is 3.92. The van der Waals surface area contributed by atoms with Crippen LogP contribution in [0.3, 0.4) is 0 Å². The molecule has 1 N–H and O–H groups in total. The zero-order valence-corrected chi connectivity index (χ0v) is 14.6. The minimum absolute atomic E-state index is 0.0403. The van der Waals surface area contributed by atoms with E-state index in [1.807, 2.05) is 37.8 Å². The summed E-state index contributed by atoms with van der Waals surface area (Å²) in [7, 11) is 0. The van der Waals surface area contributed by atoms with Crippen molar-refractivity contribution in [2.24, 2.45) is 5.92 Å². The van der Waals surface area contributed by atoms with Gasteiger partial charge in [0.25, 0.3) is 5.56 Å². The number of H-pyrrole nitrogens is 1. The van der Waals surface area contributed by atoms with E-state index in [4.69, 9.17) is 0 Å². The molecule has 5 nitrogen and oxygen atoms in total. The molecule has 130 valence electrons. The molecule has 0 radical (unpaired) electrons. The maximum atomic E-state index is 12.5. The van der Waals surface area contributed by atoms with Crippen molar-refractivity contribution < 1.29 is 0 Å². The Labute approximate surface area is 147 Å². The highest BCUT2D eigenvalue weighted by atomic mass is 16.1. The summed E-state index contributed by atoms with van der Waals surface area (Å²) < 4.78 is 2.15. The third kappa shape index (κ3) is 3.51. The third-order valence-electron chi connectivity index (χ3n) is 5.19. The summed E-state index contributed by atoms with van der Waals surface area (Å²) in [6.07, 6.45) is 8.16. The number of likely N-dealkylation sites (tertiary alicyclic amines) is 1. The van der Waals surface area contributed by atoms with Crippen molar-refractivity contribution >= 4 is 10.9 Å². The van der Waals surface area contributed by atoms with Crippen LogP contribution in [0.25, 0.3) is 10.9 Å². The molecule has 3 aromatic rings. The number of aromatic amines is 1. The molecule has 5 heteroatoms. The summed E-state index contributed by atoms with van der Waals surface area (Å²) in [6.45, 7) is 5.85. The van der Waals surface area contributed by atoms with Gasteiger partial charge in [0.15, 0.2) is 0 Å². The molecule has 0 bridgehead atoms. The molecule has 0 unspecified atom stereocenters. The van der Waals surface area contributed by atoms with E-state index >= 15 is 0 Å². The van der Waals surface area contributed by atoms with Crippen molar-refractivity contribution in [1.82, 2.24) is 19.4 Å². The Balaban J connectivity index is 1.50. The number of piperidine rings is 1. The average Bonchev–Trinajstić information content (AvgIpc) is 3.10. The third-order valence-corrected chi connectivity index (χ3v) is 5.19. The highest BCUT2D eigenvalue weighted by Crippen LogP contribution is 2.21. The Hall–Kier alpha value is -2.40. The predicted molar refractivity (Wildman–Crippen MR) is 99.5 cm³/mol. The minimum Gasteiger partial charge on any atom is -0.337 e. The monoisotopic (exact) mass is 336 g/mol. The molecule has 0 aliphatic carbocycles. The number of pyridine rings is 1. The van der Waals surface area contributed by atoms with Gasteiger partial charge in [-0.15, -0.1) is 0 Å². The lowest BCUT2D eigenvalue weighted by atomic mass is 9.97. The Bertz CT molecular complexity index is 913. The molecule has 1 atom stereocenters. The lowest BCUT2D eigenvalue weighted by molar-refractivity contribution is 0.155. The summed E-state index contributed by atoms with van der Waals surface area (Å²) in [5.41, 5.74) is 2.97. The van der Waals surface area contributed by atoms with Crippen molar-refractivity contribution in [3.63, 3.8) is 0 Å². The van der Waals surface area contributed by atoms with Crippen LogP contribution >= 0.6 is 0 Å². The van der Waals surface area contributed by atoms with E-state index in [1.165, 1.54) is 12.8 Å². The zero-order valence-electron chi connectivity index (χ0n) is 14.6. The normalized spacial score (nSPS) is 18.7. The standard InChI is InChI=1S/C20H24N4O/c1-15-4-2-6-17-10-18(20(25)22-19(15)17)13-23-8-3-5-16(11-23)12-24-9-7-21-14-24/h2,4,6-7,9-10,14,16H,3,5,8,11-13H2,1H3,(H,22,25)/t16-/m0/s1. The quantitative estimate of drug-likeness (QED) is 0.797. The molecule has 0 spiro atoms. The number of nitrogens with one attached hydrogen (secondary N) is 1. The number of imidazole rings is 1. The van der Waals surface area contributed by atoms with E-state index in [0.717, 1.165) is 48.2 Å². The Kier molecular flexibility index (Phi) is 4.40. The highest BCUT2D eigenvalue weighted by Gasteiger charge is 2.21. The Morgan fingerprint density at radius 3 is 3.12 bits per heavy atom. The molecule has 0 saturated carbocycles. The largest absolute Gasteiger partial charge is 0.337 e. The molecular formula is C20H24N4O. The second-order valence-electron chi connectivity index (χ2n) is 7.17. The lowest BCUT2D eigenvalue weighted by Crippen LogP contribution is -2.37. The molecule has 1 aromatic carbocycles. The van der Waals surface area contributed by atoms with Crippen LogP contribution in [0, 0.1) is 12.8 Å². The highest BCUT2D eigenvalue weighted by molar-refractivity contribution is 5.81. The van der Waals surface area contributed by atoms with Crippen LogP contribution in [-0.4, -0.2) is 32.5 Å². The van der Waals surface area contributed by atoms with Gasteiger partial charge in [-0.05, 0) is 49.2 Å². The van der Waals surface area contributed by atoms with E-state index in [0.29, 0.717) is 5.92 Å². The first kappa shape index (κ1) is 16.1. The van der Waals surface area contributed by atoms with Gasteiger partial charge < -0.3 is 9.55 Å². The molecule has 3 heterocycles. The van der Waals surface area contributed by atoms with Crippen molar-refractivity contribution in [3.05, 3.63) is 64.5 Å². The fourth-order valence-corrected chi connectivity index (χ4v) is 3.92. The summed E-state index contributed by atoms with van der Waals surface area (Å²) in [4.78, 5) is 22.1. The van der Waals surface area contributed by atoms with E-state index in [9.17, 15) is 4.79 Å². The number of rotatable bonds is 4. The van der Waals surface area contributed by atoms with Gasteiger partial charge in [0, 0.05) is 37.6 Å². The maximum absolute atomic E-state index is 12.5. The van der Waals surface area contributed by atoms with Gasteiger partial charge in [0.2, 0.25) is 0 Å². The number of nitrogens with zero attached hydrogens (tertiary/aromatic N) is 3. The second kappa shape index (κ2) is 6.84. The van der Waals surface area contributed by atoms with Crippen LogP contribution in [0.15, 0.2) is 47.8 Å². The van der Waals surface area contributed by atoms with Gasteiger partial charge in [-0.3, -0.25) is 9.69 Å². The molecule has 0 amide bonds. The van der Waals surface area contributed by atoms with E-state index in [-0.39, 0.29) is 5.56 Å². The number of hydrogen-bond donors (Lipinski definition) is 1. The molecule has 2 aromatic heterocycles. The minimum atomic E-state index is 0.0403. The zero-order chi connectivity index (χ0) is 17.2. The van der Waals surface area contributed by atoms with Crippen LogP contribution in [-0.2, 0) is 13.1 Å². The number of aromatic nitrogens is 3. The number of fused-ring (bicyclic) bond motifs is 1. The molecule has 25 heavy (non-hydrogen) atoms. The van der Waals surface area contributed by atoms with Crippen molar-refractivity contribution in [2.45, 2.75) is 32.9 Å². The molecule has 1 aliphatic rings. The molecule has 1 saturated heterocycles. The van der Waals surface area contributed by atoms with Gasteiger partial charge in [-0.25, -0.2) is 4.98 Å². The van der Waals surface area contributed by atoms with Gasteiger partial charge in [0.05, 0.1) is 11.8 Å². The topological polar surface area (TPSA) is 53.9 Å². The number of benzene rings is 1. The molecule has 1 fully saturated rings. The van der Waals surface area contributed by atoms with Crippen LogP contribution < -0.4 is 5.56 Å². The smallest absolute Gasteiger partial charge is 0.252 e. The number of aryl methyl sites for hydroxylation is 1. The Morgan fingerprint density at radius 1 is 1.36 bits per heavy atom. The summed E-state index contributed by atoms with van der Waals surface area (Å²) in [5, 5.41) is 1.11. The van der Waals surface area contributed by atoms with Crippen LogP contribution in [0.5, 0.6) is 0 Å². The number of hydrogen-bond acceptors (Lipinski definition) is 3. The summed E-state index contributed by atoms with van der Waals surface area (Å²) >= 11 is 0. The van der Waals surface area contributed by atoms with E-state index < -0.39 is 0 Å². The van der Waals surface area contributed by atoms with Crippen molar-refractivity contribution in [2.75, 3.05) is 13.1 Å².